The number of nitrogens with zero attached hydrogens (tertiary/aromatic N) is 2. The Balaban J connectivity index is 2.01. The monoisotopic (exact) mass is 455 g/mol. The van der Waals surface area contributed by atoms with E-state index >= 15 is 0 Å². The summed E-state index contributed by atoms with van der Waals surface area (Å²) in [6.45, 7) is 6.24. The summed E-state index contributed by atoms with van der Waals surface area (Å²) in [5.74, 6) is -5.39. The van der Waals surface area contributed by atoms with Gasteiger partial charge >= 0.3 is 11.9 Å². The Morgan fingerprint density at radius 2 is 1.79 bits per heavy atom. The van der Waals surface area contributed by atoms with E-state index in [2.05, 4.69) is 4.98 Å². The number of cyclic esters (lactones) is 2. The van der Waals surface area contributed by atoms with Gasteiger partial charge in [0.2, 0.25) is 0 Å². The number of aromatic amines is 1. The SMILES string of the molecule is COc1ccc2[nH]c(=O)c(C(c3n(C)c(C)c(C)[n+]3[O-])C3C(=O)OC(C)(C)OC3=O)cc2c1. The predicted octanol–water partition coefficient (Wildman–Crippen LogP) is 1.71. The Kier molecular flexibility index (Phi) is 5.18. The molecule has 0 spiro atoms. The second-order valence-electron chi connectivity index (χ2n) is 8.59. The average molecular weight is 455 g/mol. The molecule has 1 saturated heterocycles. The summed E-state index contributed by atoms with van der Waals surface area (Å²) in [6, 6.07) is 6.64. The highest BCUT2D eigenvalue weighted by Gasteiger charge is 2.52. The largest absolute Gasteiger partial charge is 0.711 e. The summed E-state index contributed by atoms with van der Waals surface area (Å²) in [7, 11) is 3.16. The molecule has 1 unspecified atom stereocenters. The first-order chi connectivity index (χ1) is 15.4. The molecule has 0 aliphatic carbocycles. The van der Waals surface area contributed by atoms with Gasteiger partial charge in [0.05, 0.1) is 14.2 Å². The molecule has 0 bridgehead atoms. The molecule has 3 heterocycles. The molecule has 10 nitrogen and oxygen atoms in total. The number of carbonyl (C=O) groups is 2. The van der Waals surface area contributed by atoms with Crippen LogP contribution in [0.25, 0.3) is 10.9 Å². The van der Waals surface area contributed by atoms with Gasteiger partial charge in [-0.2, -0.15) is 0 Å². The second-order valence-corrected chi connectivity index (χ2v) is 8.59. The first kappa shape index (κ1) is 22.4. The van der Waals surface area contributed by atoms with Crippen molar-refractivity contribution < 1.29 is 28.5 Å². The summed E-state index contributed by atoms with van der Waals surface area (Å²) >= 11 is 0. The van der Waals surface area contributed by atoms with E-state index in [-0.39, 0.29) is 11.4 Å². The van der Waals surface area contributed by atoms with Crippen molar-refractivity contribution in [3.63, 3.8) is 0 Å². The molecule has 1 aliphatic rings. The number of pyridine rings is 1. The lowest BCUT2D eigenvalue weighted by Crippen LogP contribution is -2.51. The zero-order valence-electron chi connectivity index (χ0n) is 19.2. The smallest absolute Gasteiger partial charge is 0.324 e. The van der Waals surface area contributed by atoms with Crippen molar-refractivity contribution in [2.75, 3.05) is 7.11 Å². The normalized spacial score (nSPS) is 17.0. The van der Waals surface area contributed by atoms with Crippen LogP contribution in [0.3, 0.4) is 0 Å². The number of esters is 2. The van der Waals surface area contributed by atoms with Gasteiger partial charge in [-0.05, 0) is 24.3 Å². The van der Waals surface area contributed by atoms with Crippen LogP contribution in [-0.2, 0) is 26.1 Å². The van der Waals surface area contributed by atoms with E-state index in [1.54, 1.807) is 49.7 Å². The topological polar surface area (TPSA) is 127 Å². The molecule has 1 atom stereocenters. The molecule has 1 aromatic carbocycles. The first-order valence-electron chi connectivity index (χ1n) is 10.4. The highest BCUT2D eigenvalue weighted by Crippen LogP contribution is 2.37. The molecule has 174 valence electrons. The highest BCUT2D eigenvalue weighted by atomic mass is 16.7. The number of fused-ring (bicyclic) bond motifs is 1. The van der Waals surface area contributed by atoms with Crippen LogP contribution in [0.15, 0.2) is 29.1 Å². The molecule has 1 fully saturated rings. The Labute approximate surface area is 189 Å². The fourth-order valence-corrected chi connectivity index (χ4v) is 4.23. The quantitative estimate of drug-likeness (QED) is 0.275. The number of nitrogens with one attached hydrogen (secondary N) is 1. The third kappa shape index (κ3) is 3.61. The maximum Gasteiger partial charge on any atom is 0.324 e. The summed E-state index contributed by atoms with van der Waals surface area (Å²) < 4.78 is 18.1. The second kappa shape index (κ2) is 7.65. The van der Waals surface area contributed by atoms with E-state index in [1.807, 2.05) is 0 Å². The van der Waals surface area contributed by atoms with Crippen molar-refractivity contribution in [3.05, 3.63) is 62.6 Å². The molecule has 0 saturated carbocycles. The van der Waals surface area contributed by atoms with Crippen LogP contribution in [0.5, 0.6) is 5.75 Å². The van der Waals surface area contributed by atoms with Crippen LogP contribution < -0.4 is 15.0 Å². The van der Waals surface area contributed by atoms with Crippen molar-refractivity contribution in [2.24, 2.45) is 13.0 Å². The molecule has 33 heavy (non-hydrogen) atoms. The number of H-pyrrole nitrogens is 1. The fraction of sp³-hybridized carbons (Fsp3) is 0.391. The van der Waals surface area contributed by atoms with E-state index < -0.39 is 35.1 Å². The minimum atomic E-state index is -1.55. The van der Waals surface area contributed by atoms with Crippen LogP contribution >= 0.6 is 0 Å². The Bertz CT molecular complexity index is 1310. The van der Waals surface area contributed by atoms with Crippen molar-refractivity contribution in [1.82, 2.24) is 9.55 Å². The van der Waals surface area contributed by atoms with Gasteiger partial charge in [0, 0.05) is 44.2 Å². The Hall–Kier alpha value is -3.82. The fourth-order valence-electron chi connectivity index (χ4n) is 4.23. The van der Waals surface area contributed by atoms with E-state index in [1.165, 1.54) is 21.0 Å². The first-order valence-corrected chi connectivity index (χ1v) is 10.4. The average Bonchev–Trinajstić information content (AvgIpc) is 2.92. The van der Waals surface area contributed by atoms with Gasteiger partial charge in [0.1, 0.15) is 23.1 Å². The molecular weight excluding hydrogens is 430 g/mol. The zero-order chi connectivity index (χ0) is 24.2. The molecule has 1 N–H and O–H groups in total. The van der Waals surface area contributed by atoms with Crippen LogP contribution in [0.1, 0.15) is 42.5 Å². The van der Waals surface area contributed by atoms with Crippen LogP contribution in [-0.4, -0.2) is 34.4 Å². The summed E-state index contributed by atoms with van der Waals surface area (Å²) in [6.07, 6.45) is 0. The number of rotatable bonds is 4. The number of methoxy groups -OCH3 is 1. The molecule has 2 aromatic heterocycles. The summed E-state index contributed by atoms with van der Waals surface area (Å²) in [5, 5.41) is 13.7. The molecule has 10 heteroatoms. The third-order valence-corrected chi connectivity index (χ3v) is 6.11. The zero-order valence-corrected chi connectivity index (χ0v) is 19.2. The van der Waals surface area contributed by atoms with Gasteiger partial charge in [0.15, 0.2) is 5.92 Å². The van der Waals surface area contributed by atoms with Crippen LogP contribution in [0, 0.1) is 25.0 Å². The van der Waals surface area contributed by atoms with Crippen LogP contribution in [0.2, 0.25) is 0 Å². The lowest BCUT2D eigenvalue weighted by atomic mass is 9.84. The van der Waals surface area contributed by atoms with Crippen LogP contribution in [0.4, 0.5) is 0 Å². The van der Waals surface area contributed by atoms with Gasteiger partial charge in [-0.15, -0.1) is 0 Å². The van der Waals surface area contributed by atoms with Crippen molar-refractivity contribution in [1.29, 1.82) is 0 Å². The molecule has 1 aliphatic heterocycles. The molecule has 4 rings (SSSR count). The molecular formula is C23H25N3O7. The highest BCUT2D eigenvalue weighted by molar-refractivity contribution is 5.98. The van der Waals surface area contributed by atoms with E-state index in [4.69, 9.17) is 14.2 Å². The number of aromatic nitrogens is 3. The minimum Gasteiger partial charge on any atom is -0.711 e. The lowest BCUT2D eigenvalue weighted by Gasteiger charge is -2.35. The van der Waals surface area contributed by atoms with Gasteiger partial charge in [-0.25, -0.2) is 9.30 Å². The van der Waals surface area contributed by atoms with Crippen molar-refractivity contribution in [2.45, 2.75) is 39.4 Å². The number of ether oxygens (including phenoxy) is 3. The van der Waals surface area contributed by atoms with Crippen molar-refractivity contribution >= 4 is 22.8 Å². The number of hydrogen-bond donors (Lipinski definition) is 1. The standard InChI is InChI=1S/C23H25N3O7/c1-11-12(2)26(30)20(25(11)5)17(18-21(28)32-23(3,4)33-22(18)29)15-10-13-9-14(31-6)7-8-16(13)24-19(15)27/h7-10,17-18H,1-6H3,(H,24,27). The van der Waals surface area contributed by atoms with Gasteiger partial charge in [-0.3, -0.25) is 14.4 Å². The minimum absolute atomic E-state index is 0.0522. The van der Waals surface area contributed by atoms with Gasteiger partial charge in [0.25, 0.3) is 17.2 Å². The van der Waals surface area contributed by atoms with E-state index in [0.717, 1.165) is 0 Å². The number of carbonyl (C=O) groups excluding carboxylic acids is 2. The predicted molar refractivity (Wildman–Crippen MR) is 117 cm³/mol. The number of imidazole rings is 1. The number of hydrogen-bond acceptors (Lipinski definition) is 7. The van der Waals surface area contributed by atoms with Gasteiger partial charge < -0.3 is 24.4 Å². The van der Waals surface area contributed by atoms with E-state index in [9.17, 15) is 19.6 Å². The Morgan fingerprint density at radius 3 is 2.33 bits per heavy atom. The maximum atomic E-state index is 13.2. The maximum absolute atomic E-state index is 13.2. The summed E-state index contributed by atoms with van der Waals surface area (Å²) in [5.41, 5.74) is 1.06. The molecule has 0 amide bonds. The number of benzene rings is 1. The molecule has 3 aromatic rings. The van der Waals surface area contributed by atoms with Crippen molar-refractivity contribution in [3.8, 4) is 5.75 Å². The van der Waals surface area contributed by atoms with Gasteiger partial charge in [-0.1, -0.05) is 0 Å². The molecule has 0 radical (unpaired) electrons. The van der Waals surface area contributed by atoms with E-state index in [0.29, 0.717) is 32.8 Å². The summed E-state index contributed by atoms with van der Waals surface area (Å²) in [4.78, 5) is 42.0. The lowest BCUT2D eigenvalue weighted by molar-refractivity contribution is -0.621. The third-order valence-electron chi connectivity index (χ3n) is 6.11. The Morgan fingerprint density at radius 1 is 1.15 bits per heavy atom.